The summed E-state index contributed by atoms with van der Waals surface area (Å²) in [5.74, 6) is -1.06. The van der Waals surface area contributed by atoms with Gasteiger partial charge in [-0.25, -0.2) is 11.5 Å². The Morgan fingerprint density at radius 1 is 1.00 bits per heavy atom. The summed E-state index contributed by atoms with van der Waals surface area (Å²) in [4.78, 5) is 10.6. The molecule has 1 aromatic rings. The summed E-state index contributed by atoms with van der Waals surface area (Å²) in [7, 11) is 16.2. The Bertz CT molecular complexity index is 410. The second-order valence-corrected chi connectivity index (χ2v) is 2.57. The third-order valence-electron chi connectivity index (χ3n) is 1.55. The summed E-state index contributed by atoms with van der Waals surface area (Å²) in [6.45, 7) is 3.03. The summed E-state index contributed by atoms with van der Waals surface area (Å²) in [5.41, 5.74) is -0.301. The minimum Gasteiger partial charge on any atom is -0.675 e. The fourth-order valence-electron chi connectivity index (χ4n) is 0.867. The van der Waals surface area contributed by atoms with Gasteiger partial charge in [-0.1, -0.05) is 5.91 Å². The van der Waals surface area contributed by atoms with Crippen molar-refractivity contribution in [3.05, 3.63) is 18.3 Å². The van der Waals surface area contributed by atoms with Crippen molar-refractivity contribution in [2.24, 2.45) is 0 Å². The molecule has 82 valence electrons. The van der Waals surface area contributed by atoms with Crippen LogP contribution >= 0.6 is 0 Å². The molecule has 0 fully saturated rings. The van der Waals surface area contributed by atoms with Crippen LogP contribution < -0.4 is 16.4 Å². The van der Waals surface area contributed by atoms with Crippen LogP contribution in [0.3, 0.4) is 0 Å². The fourth-order valence-corrected chi connectivity index (χ4v) is 0.867. The van der Waals surface area contributed by atoms with Crippen molar-refractivity contribution in [3.63, 3.8) is 0 Å². The number of hydrogen-bond donors (Lipinski definition) is 1. The predicted octanol–water partition coefficient (Wildman–Crippen LogP) is -2.08. The van der Waals surface area contributed by atoms with Gasteiger partial charge in [-0.15, -0.1) is 0 Å². The molecule has 0 aromatic heterocycles. The zero-order valence-electron chi connectivity index (χ0n) is 10.7. The van der Waals surface area contributed by atoms with E-state index in [2.05, 4.69) is 18.3 Å². The van der Waals surface area contributed by atoms with E-state index in [1.165, 1.54) is 0 Å². The Morgan fingerprint density at radius 3 is 1.75 bits per heavy atom. The third-order valence-corrected chi connectivity index (χ3v) is 1.55. The minimum atomic E-state index is -0.697. The van der Waals surface area contributed by atoms with E-state index in [4.69, 9.17) is 23.5 Å². The Labute approximate surface area is 274 Å². The smallest absolute Gasteiger partial charge is 0.0819 e. The molecule has 1 amide bonds. The van der Waals surface area contributed by atoms with E-state index in [1.807, 2.05) is 0 Å². The molecule has 20 heavy (non-hydrogen) atoms. The largest absolute Gasteiger partial charge is 0.675 e. The van der Waals surface area contributed by atoms with Gasteiger partial charge in [-0.05, 0) is 5.75 Å². The molecule has 0 aliphatic rings. The Kier molecular flexibility index (Phi) is 41.0. The molecule has 1 aromatic carbocycles. The predicted molar refractivity (Wildman–Crippen MR) is 56.5 cm³/mol. The maximum atomic E-state index is 10.6. The summed E-state index contributed by atoms with van der Waals surface area (Å²) in [6.07, 6.45) is 0. The first-order valence-electron chi connectivity index (χ1n) is 3.59. The molecule has 1 rings (SSSR count). The molecule has 3 nitrogen and oxygen atoms in total. The van der Waals surface area contributed by atoms with Gasteiger partial charge in [0.1, 0.15) is 0 Å². The summed E-state index contributed by atoms with van der Waals surface area (Å²) >= 11 is 0. The number of nitrogens with zero attached hydrogens (tertiary/aromatic N) is 1. The van der Waals surface area contributed by atoms with Crippen LogP contribution in [0.15, 0.2) is 0 Å². The standard InChI is InChI=1S/C8H4B3NO2.6Y/c1-3(13)12-5-2-4(9)8(14)7(11)6(5)10;;;;;;/h1H2,(H2,12,13,14);;;;;;/q-2;;;;;;/p-1. The molecule has 0 aliphatic carbocycles. The van der Waals surface area contributed by atoms with Gasteiger partial charge in [-0.3, -0.25) is 5.69 Å². The number of phenols is 1. The topological polar surface area (TPSA) is 51.4 Å². The van der Waals surface area contributed by atoms with E-state index in [0.29, 0.717) is 0 Å². The molecule has 12 heteroatoms. The SMILES string of the molecule is [B]c1[c-]c([N-]C([CH2-])=O)c([B])c([B])c1O.[Y].[Y].[Y].[Y].[Y].[Y]. The van der Waals surface area contributed by atoms with E-state index in [1.54, 1.807) is 0 Å². The zero-order chi connectivity index (χ0) is 10.9. The number of carbonyl (C=O) groups is 1. The van der Waals surface area contributed by atoms with Crippen LogP contribution in [-0.4, -0.2) is 34.6 Å². The average molecular weight is 711 g/mol. The van der Waals surface area contributed by atoms with Gasteiger partial charge < -0.3 is 22.1 Å². The summed E-state index contributed by atoms with van der Waals surface area (Å²) in [6, 6.07) is 2.41. The number of aromatic hydroxyl groups is 1. The van der Waals surface area contributed by atoms with Crippen LogP contribution in [0.4, 0.5) is 5.69 Å². The van der Waals surface area contributed by atoms with Crippen molar-refractivity contribution in [2.75, 3.05) is 0 Å². The number of amides is 1. The van der Waals surface area contributed by atoms with Crippen LogP contribution in [0.5, 0.6) is 5.75 Å². The van der Waals surface area contributed by atoms with E-state index >= 15 is 0 Å². The first-order chi connectivity index (χ1) is 6.43. The van der Waals surface area contributed by atoms with Gasteiger partial charge in [0.2, 0.25) is 0 Å². The third kappa shape index (κ3) is 13.4. The summed E-state index contributed by atoms with van der Waals surface area (Å²) in [5, 5.41) is 12.7. The molecule has 0 saturated heterocycles. The summed E-state index contributed by atoms with van der Waals surface area (Å²) < 4.78 is 0. The number of phenolic OH excluding ortho intramolecular Hbond substituents is 1. The number of hydrogen-bond acceptors (Lipinski definition) is 2. The van der Waals surface area contributed by atoms with Crippen molar-refractivity contribution < 1.29 is 206 Å². The Morgan fingerprint density at radius 2 is 1.40 bits per heavy atom. The van der Waals surface area contributed by atoms with Crippen molar-refractivity contribution in [2.45, 2.75) is 0 Å². The second kappa shape index (κ2) is 20.5. The van der Waals surface area contributed by atoms with Gasteiger partial charge in [0.15, 0.2) is 0 Å². The molecular weight excluding hydrogens is 708 g/mol. The fraction of sp³-hybridized carbons (Fsp3) is 0. The van der Waals surface area contributed by atoms with Gasteiger partial charge >= 0.3 is 0 Å². The van der Waals surface area contributed by atoms with Gasteiger partial charge in [-0.2, -0.15) is 10.9 Å². The quantitative estimate of drug-likeness (QED) is 0.269. The van der Waals surface area contributed by atoms with E-state index in [0.717, 1.165) is 0 Å². The second-order valence-electron chi connectivity index (χ2n) is 2.57. The maximum absolute atomic E-state index is 10.6. The molecule has 0 saturated carbocycles. The van der Waals surface area contributed by atoms with Crippen molar-refractivity contribution in [1.82, 2.24) is 0 Å². The number of benzene rings is 1. The van der Waals surface area contributed by atoms with Crippen LogP contribution in [0, 0.1) is 13.0 Å². The molecule has 0 heterocycles. The van der Waals surface area contributed by atoms with E-state index < -0.39 is 5.91 Å². The molecular formula is C8H3B3NO2Y6-3. The normalized spacial score (nSPS) is 6.80. The first kappa shape index (κ1) is 40.0. The maximum Gasteiger partial charge on any atom is 0.0819 e. The minimum absolute atomic E-state index is 0. The van der Waals surface area contributed by atoms with Crippen molar-refractivity contribution >= 4 is 51.5 Å². The van der Waals surface area contributed by atoms with Gasteiger partial charge in [0.05, 0.1) is 15.7 Å². The monoisotopic (exact) mass is 711 g/mol. The first-order valence-corrected chi connectivity index (χ1v) is 3.59. The van der Waals surface area contributed by atoms with E-state index in [-0.39, 0.29) is 224 Å². The Balaban J connectivity index is -0.0000000817. The van der Waals surface area contributed by atoms with Crippen molar-refractivity contribution in [3.8, 4) is 5.75 Å². The molecule has 0 bridgehead atoms. The van der Waals surface area contributed by atoms with E-state index in [9.17, 15) is 9.90 Å². The van der Waals surface area contributed by atoms with Crippen LogP contribution in [0.1, 0.15) is 0 Å². The number of rotatable bonds is 1. The molecule has 0 spiro atoms. The Hall–Kier alpha value is 5.18. The van der Waals surface area contributed by atoms with Gasteiger partial charge in [0.25, 0.3) is 0 Å². The zero-order valence-corrected chi connectivity index (χ0v) is 27.7. The molecule has 1 N–H and O–H groups in total. The number of carbonyl (C=O) groups excluding carboxylic acids is 1. The molecule has 0 atom stereocenters. The van der Waals surface area contributed by atoms with Gasteiger partial charge in [0, 0.05) is 204 Å². The van der Waals surface area contributed by atoms with Crippen molar-refractivity contribution in [1.29, 1.82) is 0 Å². The van der Waals surface area contributed by atoms with Crippen LogP contribution in [0.25, 0.3) is 5.32 Å². The molecule has 0 aliphatic heterocycles. The average Bonchev–Trinajstić information content (AvgIpc) is 2.10. The molecule has 12 radical (unpaired) electrons. The van der Waals surface area contributed by atoms with Crippen LogP contribution in [-0.2, 0) is 201 Å². The van der Waals surface area contributed by atoms with Crippen LogP contribution in [0.2, 0.25) is 0 Å². The molecule has 0 unspecified atom stereocenters.